The summed E-state index contributed by atoms with van der Waals surface area (Å²) in [6, 6.07) is 22.2. The molecule has 0 saturated carbocycles. The number of hydrogen-bond acceptors (Lipinski definition) is 6. The number of carbonyl (C=O) groups is 1. The monoisotopic (exact) mass is 465 g/mol. The smallest absolute Gasteiger partial charge is 0.253 e. The van der Waals surface area contributed by atoms with Crippen molar-refractivity contribution in [2.75, 3.05) is 47.1 Å². The molecule has 0 fully saturated rings. The maximum absolute atomic E-state index is 12.9. The highest BCUT2D eigenvalue weighted by Crippen LogP contribution is 2.29. The lowest BCUT2D eigenvalue weighted by Crippen LogP contribution is -2.31. The molecule has 7 nitrogen and oxygen atoms in total. The number of rotatable bonds is 13. The van der Waals surface area contributed by atoms with Gasteiger partial charge in [-0.2, -0.15) is 0 Å². The van der Waals surface area contributed by atoms with Crippen molar-refractivity contribution in [1.29, 1.82) is 0 Å². The van der Waals surface area contributed by atoms with Gasteiger partial charge in [-0.05, 0) is 49.4 Å². The molecule has 0 heterocycles. The number of ether oxygens (including phenoxy) is 5. The molecule has 0 spiro atoms. The molecular formula is C27H31NO6. The Morgan fingerprint density at radius 1 is 0.735 bits per heavy atom. The molecule has 34 heavy (non-hydrogen) atoms. The van der Waals surface area contributed by atoms with E-state index in [0.29, 0.717) is 61.5 Å². The topological polar surface area (TPSA) is 66.5 Å². The largest absolute Gasteiger partial charge is 0.493 e. The first-order chi connectivity index (χ1) is 16.6. The Bertz CT molecular complexity index is 1040. The summed E-state index contributed by atoms with van der Waals surface area (Å²) in [5.41, 5.74) is 0.510. The Kier molecular flexibility index (Phi) is 9.46. The fourth-order valence-electron chi connectivity index (χ4n) is 3.21. The molecule has 0 N–H and O–H groups in total. The van der Waals surface area contributed by atoms with Gasteiger partial charge in [-0.25, -0.2) is 0 Å². The van der Waals surface area contributed by atoms with Crippen LogP contribution in [0.2, 0.25) is 0 Å². The Labute approximate surface area is 200 Å². The van der Waals surface area contributed by atoms with Crippen LogP contribution >= 0.6 is 0 Å². The second-order valence-corrected chi connectivity index (χ2v) is 7.33. The molecule has 0 saturated heterocycles. The van der Waals surface area contributed by atoms with Gasteiger partial charge in [-0.15, -0.1) is 0 Å². The van der Waals surface area contributed by atoms with E-state index in [1.165, 1.54) is 0 Å². The molecule has 0 unspecified atom stereocenters. The van der Waals surface area contributed by atoms with Crippen molar-refractivity contribution in [2.24, 2.45) is 0 Å². The van der Waals surface area contributed by atoms with Gasteiger partial charge in [0.1, 0.15) is 25.6 Å². The number of likely N-dealkylation sites (N-methyl/N-ethyl adjacent to an activating group) is 1. The predicted octanol–water partition coefficient (Wildman–Crippen LogP) is 4.70. The molecule has 0 atom stereocenters. The van der Waals surface area contributed by atoms with Gasteiger partial charge in [0, 0.05) is 12.6 Å². The van der Waals surface area contributed by atoms with E-state index >= 15 is 0 Å². The number of amides is 1. The van der Waals surface area contributed by atoms with Crippen molar-refractivity contribution in [2.45, 2.75) is 6.92 Å². The van der Waals surface area contributed by atoms with E-state index in [-0.39, 0.29) is 5.91 Å². The Balaban J connectivity index is 1.54. The van der Waals surface area contributed by atoms with Crippen LogP contribution in [-0.4, -0.2) is 57.9 Å². The second-order valence-electron chi connectivity index (χ2n) is 7.33. The maximum atomic E-state index is 12.9. The molecule has 3 aromatic rings. The van der Waals surface area contributed by atoms with Crippen molar-refractivity contribution >= 4 is 5.91 Å². The van der Waals surface area contributed by atoms with Gasteiger partial charge in [0.25, 0.3) is 5.91 Å². The summed E-state index contributed by atoms with van der Waals surface area (Å²) in [7, 11) is 3.33. The molecule has 0 aliphatic carbocycles. The summed E-state index contributed by atoms with van der Waals surface area (Å²) in [4.78, 5) is 14.5. The lowest BCUT2D eigenvalue weighted by Gasteiger charge is -2.19. The first kappa shape index (κ1) is 24.8. The fourth-order valence-corrected chi connectivity index (χ4v) is 3.21. The summed E-state index contributed by atoms with van der Waals surface area (Å²) in [5, 5.41) is 0. The lowest BCUT2D eigenvalue weighted by molar-refractivity contribution is 0.0772. The molecule has 0 bridgehead atoms. The number of methoxy groups -OCH3 is 1. The molecule has 0 radical (unpaired) electrons. The summed E-state index contributed by atoms with van der Waals surface area (Å²) in [5.74, 6) is 3.03. The van der Waals surface area contributed by atoms with E-state index in [1.54, 1.807) is 37.3 Å². The Morgan fingerprint density at radius 3 is 2.12 bits per heavy atom. The van der Waals surface area contributed by atoms with Crippen molar-refractivity contribution in [3.05, 3.63) is 78.4 Å². The number of benzene rings is 3. The SMILES string of the molecule is CCOc1cc(C(=O)N(C)CCOc2ccccc2OC)ccc1OCCOc1ccccc1. The van der Waals surface area contributed by atoms with Crippen LogP contribution < -0.4 is 23.7 Å². The Hall–Kier alpha value is -3.87. The summed E-state index contributed by atoms with van der Waals surface area (Å²) >= 11 is 0. The third-order valence-electron chi connectivity index (χ3n) is 4.94. The van der Waals surface area contributed by atoms with E-state index in [2.05, 4.69) is 0 Å². The highest BCUT2D eigenvalue weighted by molar-refractivity contribution is 5.94. The van der Waals surface area contributed by atoms with Crippen LogP contribution in [0.4, 0.5) is 0 Å². The number of carbonyl (C=O) groups excluding carboxylic acids is 1. The average molecular weight is 466 g/mol. The van der Waals surface area contributed by atoms with E-state index in [0.717, 1.165) is 5.75 Å². The van der Waals surface area contributed by atoms with Gasteiger partial charge in [0.2, 0.25) is 0 Å². The Morgan fingerprint density at radius 2 is 1.38 bits per heavy atom. The first-order valence-electron chi connectivity index (χ1n) is 11.2. The molecule has 7 heteroatoms. The van der Waals surface area contributed by atoms with E-state index in [9.17, 15) is 4.79 Å². The second kappa shape index (κ2) is 13.0. The molecular weight excluding hydrogens is 434 g/mol. The van der Waals surface area contributed by atoms with Crippen LogP contribution in [-0.2, 0) is 0 Å². The molecule has 180 valence electrons. The lowest BCUT2D eigenvalue weighted by atomic mass is 10.1. The van der Waals surface area contributed by atoms with Gasteiger partial charge in [-0.3, -0.25) is 4.79 Å². The molecule has 3 rings (SSSR count). The van der Waals surface area contributed by atoms with E-state index < -0.39 is 0 Å². The van der Waals surface area contributed by atoms with Crippen LogP contribution in [0, 0.1) is 0 Å². The summed E-state index contributed by atoms with van der Waals surface area (Å²) < 4.78 is 28.3. The third kappa shape index (κ3) is 7.07. The molecule has 0 aromatic heterocycles. The normalized spacial score (nSPS) is 10.3. The van der Waals surface area contributed by atoms with Crippen molar-refractivity contribution < 1.29 is 28.5 Å². The van der Waals surface area contributed by atoms with Crippen molar-refractivity contribution in [1.82, 2.24) is 4.90 Å². The zero-order valence-corrected chi connectivity index (χ0v) is 19.9. The third-order valence-corrected chi connectivity index (χ3v) is 4.94. The average Bonchev–Trinajstić information content (AvgIpc) is 2.87. The van der Waals surface area contributed by atoms with E-state index in [4.69, 9.17) is 23.7 Å². The molecule has 0 aliphatic heterocycles. The molecule has 3 aromatic carbocycles. The number of para-hydroxylation sites is 3. The highest BCUT2D eigenvalue weighted by Gasteiger charge is 2.16. The molecule has 1 amide bonds. The first-order valence-corrected chi connectivity index (χ1v) is 11.2. The van der Waals surface area contributed by atoms with Gasteiger partial charge in [-0.1, -0.05) is 30.3 Å². The number of hydrogen-bond donors (Lipinski definition) is 0. The quantitative estimate of drug-likeness (QED) is 0.341. The van der Waals surface area contributed by atoms with Crippen molar-refractivity contribution in [3.63, 3.8) is 0 Å². The van der Waals surface area contributed by atoms with Crippen molar-refractivity contribution in [3.8, 4) is 28.7 Å². The standard InChI is InChI=1S/C27H31NO6/c1-4-31-26-20-21(14-15-25(26)34-19-18-32-22-10-6-5-7-11-22)27(29)28(2)16-17-33-24-13-9-8-12-23(24)30-3/h5-15,20H,4,16-19H2,1-3H3. The van der Waals surface area contributed by atoms with Gasteiger partial charge < -0.3 is 28.6 Å². The zero-order chi connectivity index (χ0) is 24.2. The number of nitrogens with zero attached hydrogens (tertiary/aromatic N) is 1. The van der Waals surface area contributed by atoms with Crippen LogP contribution in [0.15, 0.2) is 72.8 Å². The summed E-state index contributed by atoms with van der Waals surface area (Å²) in [6.45, 7) is 3.84. The predicted molar refractivity (Wildman–Crippen MR) is 130 cm³/mol. The minimum atomic E-state index is -0.136. The maximum Gasteiger partial charge on any atom is 0.253 e. The summed E-state index contributed by atoms with van der Waals surface area (Å²) in [6.07, 6.45) is 0. The van der Waals surface area contributed by atoms with Crippen LogP contribution in [0.1, 0.15) is 17.3 Å². The fraction of sp³-hybridized carbons (Fsp3) is 0.296. The van der Waals surface area contributed by atoms with Crippen LogP contribution in [0.5, 0.6) is 28.7 Å². The van der Waals surface area contributed by atoms with Gasteiger partial charge >= 0.3 is 0 Å². The van der Waals surface area contributed by atoms with Crippen LogP contribution in [0.3, 0.4) is 0 Å². The van der Waals surface area contributed by atoms with Gasteiger partial charge in [0.15, 0.2) is 23.0 Å². The van der Waals surface area contributed by atoms with Gasteiger partial charge in [0.05, 0.1) is 20.3 Å². The van der Waals surface area contributed by atoms with Crippen LogP contribution in [0.25, 0.3) is 0 Å². The minimum absolute atomic E-state index is 0.136. The highest BCUT2D eigenvalue weighted by atomic mass is 16.5. The van der Waals surface area contributed by atoms with E-state index in [1.807, 2.05) is 61.5 Å². The zero-order valence-electron chi connectivity index (χ0n) is 19.9. The minimum Gasteiger partial charge on any atom is -0.493 e. The molecule has 0 aliphatic rings.